The Morgan fingerprint density at radius 2 is 2.26 bits per heavy atom. The predicted octanol–water partition coefficient (Wildman–Crippen LogP) is 2.18. The first kappa shape index (κ1) is 14.5. The molecule has 0 amide bonds. The average molecular weight is 303 g/mol. The summed E-state index contributed by atoms with van der Waals surface area (Å²) < 4.78 is 26.5. The Bertz CT molecular complexity index is 591. The highest BCUT2D eigenvalue weighted by Crippen LogP contribution is 2.31. The number of nitrogens with zero attached hydrogens (tertiary/aromatic N) is 1. The van der Waals surface area contributed by atoms with Gasteiger partial charge in [-0.15, -0.1) is 11.3 Å². The molecule has 1 aromatic rings. The summed E-state index contributed by atoms with van der Waals surface area (Å²) in [6, 6.07) is 1.46. The number of rotatable bonds is 4. The van der Waals surface area contributed by atoms with Gasteiger partial charge in [-0.25, -0.2) is 13.2 Å². The summed E-state index contributed by atoms with van der Waals surface area (Å²) in [5.74, 6) is -0.661. The number of aromatic carboxylic acids is 1. The van der Waals surface area contributed by atoms with Gasteiger partial charge in [0, 0.05) is 13.1 Å². The van der Waals surface area contributed by atoms with Crippen molar-refractivity contribution < 1.29 is 18.3 Å². The Balaban J connectivity index is 2.30. The number of hydrogen-bond donors (Lipinski definition) is 1. The van der Waals surface area contributed by atoms with Crippen LogP contribution in [0.5, 0.6) is 0 Å². The van der Waals surface area contributed by atoms with Gasteiger partial charge in [-0.2, -0.15) is 4.31 Å². The van der Waals surface area contributed by atoms with Gasteiger partial charge < -0.3 is 5.11 Å². The predicted molar refractivity (Wildman–Crippen MR) is 73.2 cm³/mol. The summed E-state index contributed by atoms with van der Waals surface area (Å²) in [4.78, 5) is 11.1. The van der Waals surface area contributed by atoms with Crippen molar-refractivity contribution in [3.63, 3.8) is 0 Å². The Morgan fingerprint density at radius 1 is 1.58 bits per heavy atom. The van der Waals surface area contributed by atoms with Crippen LogP contribution in [0.4, 0.5) is 0 Å². The van der Waals surface area contributed by atoms with E-state index in [9.17, 15) is 13.2 Å². The smallest absolute Gasteiger partial charge is 0.346 e. The fourth-order valence-electron chi connectivity index (χ4n) is 2.27. The molecule has 0 aromatic carbocycles. The van der Waals surface area contributed by atoms with Gasteiger partial charge in [0.15, 0.2) is 0 Å². The Kier molecular flexibility index (Phi) is 3.98. The van der Waals surface area contributed by atoms with Crippen LogP contribution in [0.1, 0.15) is 35.0 Å². The third kappa shape index (κ3) is 2.68. The van der Waals surface area contributed by atoms with Crippen LogP contribution >= 0.6 is 11.3 Å². The molecule has 1 saturated heterocycles. The molecule has 1 atom stereocenters. The number of aryl methyl sites for hydroxylation is 1. The molecule has 1 aromatic heterocycles. The molecule has 1 N–H and O–H groups in total. The summed E-state index contributed by atoms with van der Waals surface area (Å²) in [5.41, 5.74) is 0.502. The average Bonchev–Trinajstić information content (AvgIpc) is 2.95. The van der Waals surface area contributed by atoms with E-state index < -0.39 is 16.0 Å². The van der Waals surface area contributed by atoms with Gasteiger partial charge in [-0.05, 0) is 30.9 Å². The zero-order valence-corrected chi connectivity index (χ0v) is 12.6. The third-order valence-corrected chi connectivity index (χ3v) is 7.05. The van der Waals surface area contributed by atoms with E-state index in [1.54, 1.807) is 6.92 Å². The highest BCUT2D eigenvalue weighted by atomic mass is 32.2. The van der Waals surface area contributed by atoms with Crippen LogP contribution in [-0.2, 0) is 10.0 Å². The van der Waals surface area contributed by atoms with E-state index in [1.165, 1.54) is 10.4 Å². The minimum absolute atomic E-state index is 0.102. The van der Waals surface area contributed by atoms with Crippen molar-refractivity contribution in [2.45, 2.75) is 30.9 Å². The van der Waals surface area contributed by atoms with Crippen molar-refractivity contribution in [3.05, 3.63) is 16.5 Å². The number of hydrogen-bond acceptors (Lipinski definition) is 4. The summed E-state index contributed by atoms with van der Waals surface area (Å²) in [6.45, 7) is 4.74. The van der Waals surface area contributed by atoms with E-state index in [0.717, 1.165) is 24.2 Å². The topological polar surface area (TPSA) is 74.7 Å². The summed E-state index contributed by atoms with van der Waals surface area (Å²) >= 11 is 0.841. The first-order chi connectivity index (χ1) is 8.86. The van der Waals surface area contributed by atoms with E-state index in [4.69, 9.17) is 5.11 Å². The van der Waals surface area contributed by atoms with E-state index in [-0.39, 0.29) is 9.09 Å². The molecule has 1 fully saturated rings. The zero-order valence-electron chi connectivity index (χ0n) is 10.9. The number of carboxylic acids is 1. The first-order valence-electron chi connectivity index (χ1n) is 6.20. The Morgan fingerprint density at radius 3 is 2.74 bits per heavy atom. The third-order valence-electron chi connectivity index (χ3n) is 3.51. The molecule has 0 spiro atoms. The highest BCUT2D eigenvalue weighted by Gasteiger charge is 2.33. The minimum atomic E-state index is -3.53. The maximum absolute atomic E-state index is 12.4. The molecule has 0 bridgehead atoms. The van der Waals surface area contributed by atoms with Crippen LogP contribution in [0.3, 0.4) is 0 Å². The monoisotopic (exact) mass is 303 g/mol. The molecule has 0 aliphatic carbocycles. The van der Waals surface area contributed by atoms with Crippen molar-refractivity contribution in [1.29, 1.82) is 0 Å². The van der Waals surface area contributed by atoms with E-state index in [1.807, 2.05) is 0 Å². The maximum Gasteiger partial charge on any atom is 0.346 e. The second kappa shape index (κ2) is 5.22. The van der Waals surface area contributed by atoms with E-state index in [2.05, 4.69) is 6.92 Å². The van der Waals surface area contributed by atoms with Crippen molar-refractivity contribution >= 4 is 27.3 Å². The fourth-order valence-corrected chi connectivity index (χ4v) is 5.33. The van der Waals surface area contributed by atoms with E-state index >= 15 is 0 Å². The SMILES string of the molecule is CCC1CCN(S(=O)(=O)c2cc(C)c(C(=O)O)s2)C1. The number of carboxylic acid groups (broad SMARTS) is 1. The summed E-state index contributed by atoms with van der Waals surface area (Å²) in [5, 5.41) is 8.99. The lowest BCUT2D eigenvalue weighted by Crippen LogP contribution is -2.28. The second-order valence-corrected chi connectivity index (χ2v) is 8.03. The van der Waals surface area contributed by atoms with Crippen LogP contribution in [0.2, 0.25) is 0 Å². The van der Waals surface area contributed by atoms with Crippen LogP contribution in [0.15, 0.2) is 10.3 Å². The molecule has 7 heteroatoms. The second-order valence-electron chi connectivity index (χ2n) is 4.81. The molecular formula is C12H17NO4S2. The molecule has 1 aliphatic heterocycles. The number of sulfonamides is 1. The highest BCUT2D eigenvalue weighted by molar-refractivity contribution is 7.91. The Hall–Kier alpha value is -0.920. The lowest BCUT2D eigenvalue weighted by molar-refractivity contribution is 0.0701. The molecule has 0 saturated carbocycles. The van der Waals surface area contributed by atoms with Gasteiger partial charge in [-0.3, -0.25) is 0 Å². The van der Waals surface area contributed by atoms with Crippen LogP contribution in [0, 0.1) is 12.8 Å². The Labute approximate surface area is 116 Å². The molecule has 2 rings (SSSR count). The van der Waals surface area contributed by atoms with Crippen LogP contribution < -0.4 is 0 Å². The minimum Gasteiger partial charge on any atom is -0.477 e. The number of carbonyl (C=O) groups is 1. The fraction of sp³-hybridized carbons (Fsp3) is 0.583. The van der Waals surface area contributed by atoms with Crippen LogP contribution in [0.25, 0.3) is 0 Å². The molecule has 106 valence electrons. The van der Waals surface area contributed by atoms with Crippen LogP contribution in [-0.4, -0.2) is 36.9 Å². The lowest BCUT2D eigenvalue weighted by atomic mass is 10.1. The van der Waals surface area contributed by atoms with Gasteiger partial charge in [0.25, 0.3) is 10.0 Å². The largest absolute Gasteiger partial charge is 0.477 e. The van der Waals surface area contributed by atoms with Gasteiger partial charge >= 0.3 is 5.97 Å². The normalized spacial score (nSPS) is 20.8. The van der Waals surface area contributed by atoms with Crippen molar-refractivity contribution in [1.82, 2.24) is 4.31 Å². The van der Waals surface area contributed by atoms with Crippen molar-refractivity contribution in [2.75, 3.05) is 13.1 Å². The quantitative estimate of drug-likeness (QED) is 0.925. The lowest BCUT2D eigenvalue weighted by Gasteiger charge is -2.14. The van der Waals surface area contributed by atoms with Gasteiger partial charge in [-0.1, -0.05) is 13.3 Å². The summed E-state index contributed by atoms with van der Waals surface area (Å²) in [7, 11) is -3.53. The standard InChI is InChI=1S/C12H17NO4S2/c1-3-9-4-5-13(7-9)19(16,17)10-6-8(2)11(18-10)12(14)15/h6,9H,3-5,7H2,1-2H3,(H,14,15). The molecule has 2 heterocycles. The summed E-state index contributed by atoms with van der Waals surface area (Å²) in [6.07, 6.45) is 1.85. The van der Waals surface area contributed by atoms with Gasteiger partial charge in [0.05, 0.1) is 0 Å². The molecular weight excluding hydrogens is 286 g/mol. The van der Waals surface area contributed by atoms with Crippen molar-refractivity contribution in [2.24, 2.45) is 5.92 Å². The van der Waals surface area contributed by atoms with Gasteiger partial charge in [0.2, 0.25) is 0 Å². The molecule has 5 nitrogen and oxygen atoms in total. The molecule has 19 heavy (non-hydrogen) atoms. The number of thiophene rings is 1. The maximum atomic E-state index is 12.4. The molecule has 1 unspecified atom stereocenters. The zero-order chi connectivity index (χ0) is 14.2. The first-order valence-corrected chi connectivity index (χ1v) is 8.45. The van der Waals surface area contributed by atoms with E-state index in [0.29, 0.717) is 24.6 Å². The van der Waals surface area contributed by atoms with Crippen molar-refractivity contribution in [3.8, 4) is 0 Å². The molecule has 0 radical (unpaired) electrons. The van der Waals surface area contributed by atoms with Gasteiger partial charge in [0.1, 0.15) is 9.09 Å². The molecule has 1 aliphatic rings.